The van der Waals surface area contributed by atoms with Gasteiger partial charge in [0.1, 0.15) is 17.2 Å². The molecule has 2 aromatic carbocycles. The Bertz CT molecular complexity index is 1160. The van der Waals surface area contributed by atoms with Crippen LogP contribution in [0.5, 0.6) is 17.2 Å². The van der Waals surface area contributed by atoms with Gasteiger partial charge in [-0.3, -0.25) is 4.79 Å². The number of carbonyl (C=O) groups is 1. The summed E-state index contributed by atoms with van der Waals surface area (Å²) in [6, 6.07) is 12.6. The molecule has 0 saturated heterocycles. The van der Waals surface area contributed by atoms with Gasteiger partial charge in [0.05, 0.1) is 36.9 Å². The largest absolute Gasteiger partial charge is 0.507 e. The third kappa shape index (κ3) is 10.5. The van der Waals surface area contributed by atoms with E-state index >= 15 is 0 Å². The summed E-state index contributed by atoms with van der Waals surface area (Å²) in [5.74, 6) is 0.605. The Morgan fingerprint density at radius 1 is 1.12 bits per heavy atom. The van der Waals surface area contributed by atoms with E-state index in [4.69, 9.17) is 27.5 Å². The zero-order valence-corrected chi connectivity index (χ0v) is 25.6. The molecule has 3 N–H and O–H groups in total. The van der Waals surface area contributed by atoms with Crippen LogP contribution in [0.1, 0.15) is 57.3 Å². The first-order valence-electron chi connectivity index (χ1n) is 13.7. The van der Waals surface area contributed by atoms with Gasteiger partial charge in [0, 0.05) is 43.6 Å². The van der Waals surface area contributed by atoms with Crippen molar-refractivity contribution in [2.45, 2.75) is 52.2 Å². The Balaban J connectivity index is 0.00000154. The van der Waals surface area contributed by atoms with Crippen LogP contribution in [0.15, 0.2) is 66.2 Å². The summed E-state index contributed by atoms with van der Waals surface area (Å²) in [7, 11) is 3.31. The first-order valence-corrected chi connectivity index (χ1v) is 14.1. The van der Waals surface area contributed by atoms with Crippen LogP contribution >= 0.6 is 11.6 Å². The Labute approximate surface area is 250 Å². The number of terminal acetylenes is 1. The third-order valence-electron chi connectivity index (χ3n) is 6.49. The number of allylic oxidation sites excluding steroid dienone is 3. The molecule has 0 aromatic heterocycles. The topological polar surface area (TPSA) is 99.5 Å². The van der Waals surface area contributed by atoms with Gasteiger partial charge in [0.25, 0.3) is 0 Å². The summed E-state index contributed by atoms with van der Waals surface area (Å²) in [4.78, 5) is 14.8. The minimum atomic E-state index is -1.21. The Morgan fingerprint density at radius 3 is 2.22 bits per heavy atom. The van der Waals surface area contributed by atoms with Crippen molar-refractivity contribution in [2.24, 2.45) is 11.8 Å². The molecule has 0 fully saturated rings. The normalized spacial score (nSPS) is 14.7. The molecule has 224 valence electrons. The number of hydrogen-bond acceptors (Lipinski definition) is 6. The van der Waals surface area contributed by atoms with Gasteiger partial charge in [-0.15, -0.1) is 6.42 Å². The van der Waals surface area contributed by atoms with Gasteiger partial charge >= 0.3 is 0 Å². The molecule has 0 aliphatic heterocycles. The average molecular weight is 586 g/mol. The number of hydrogen-bond donors (Lipinski definition) is 3. The number of halogens is 1. The molecule has 8 heteroatoms. The smallest absolute Gasteiger partial charge is 0.228 e. The van der Waals surface area contributed by atoms with Crippen LogP contribution in [0.2, 0.25) is 0 Å². The fourth-order valence-corrected chi connectivity index (χ4v) is 4.85. The molecule has 0 saturated carbocycles. The number of carbonyl (C=O) groups excluding carboxylic acids is 1. The minimum absolute atomic E-state index is 0.151. The fraction of sp³-hybridized carbons (Fsp3) is 0.424. The Hall–Kier alpha value is -3.44. The van der Waals surface area contributed by atoms with Crippen molar-refractivity contribution in [3.8, 4) is 29.6 Å². The number of phenolic OH excluding ortho intramolecular Hbond substituents is 1. The second-order valence-corrected chi connectivity index (χ2v) is 9.78. The maximum absolute atomic E-state index is 13.4. The number of rotatable bonds is 13. The average Bonchev–Trinajstić information content (AvgIpc) is 2.93. The highest BCUT2D eigenvalue weighted by atomic mass is 35.5. The number of aliphatic hydroxyl groups excluding tert-OH is 2. The lowest BCUT2D eigenvalue weighted by Crippen LogP contribution is -2.42. The Kier molecular flexibility index (Phi) is 16.3. The van der Waals surface area contributed by atoms with Gasteiger partial charge in [-0.25, -0.2) is 0 Å². The second kappa shape index (κ2) is 18.8. The van der Waals surface area contributed by atoms with E-state index in [0.717, 1.165) is 5.56 Å². The van der Waals surface area contributed by atoms with Gasteiger partial charge < -0.3 is 29.7 Å². The number of ether oxygens (including phenoxy) is 2. The van der Waals surface area contributed by atoms with Crippen LogP contribution in [0.4, 0.5) is 0 Å². The Morgan fingerprint density at radius 2 is 1.76 bits per heavy atom. The molecule has 0 heterocycles. The van der Waals surface area contributed by atoms with Crippen molar-refractivity contribution >= 4 is 17.5 Å². The predicted octanol–water partition coefficient (Wildman–Crippen LogP) is 6.05. The van der Waals surface area contributed by atoms with E-state index in [2.05, 4.69) is 5.92 Å². The summed E-state index contributed by atoms with van der Waals surface area (Å²) in [6.07, 6.45) is 8.16. The molecule has 2 rings (SSSR count). The molecule has 5 atom stereocenters. The first kappa shape index (κ1) is 35.6. The van der Waals surface area contributed by atoms with Crippen molar-refractivity contribution in [1.29, 1.82) is 0 Å². The van der Waals surface area contributed by atoms with E-state index in [9.17, 15) is 20.1 Å². The van der Waals surface area contributed by atoms with E-state index < -0.39 is 30.0 Å². The van der Waals surface area contributed by atoms with Gasteiger partial charge in [-0.2, -0.15) is 0 Å². The molecular formula is C33H44ClNO6. The van der Waals surface area contributed by atoms with E-state index in [1.54, 1.807) is 27.1 Å². The molecule has 1 unspecified atom stereocenters. The molecule has 0 bridgehead atoms. The summed E-state index contributed by atoms with van der Waals surface area (Å²) >= 11 is 4.98. The first-order chi connectivity index (χ1) is 19.6. The van der Waals surface area contributed by atoms with Crippen molar-refractivity contribution in [3.63, 3.8) is 0 Å². The highest BCUT2D eigenvalue weighted by molar-refractivity contribution is 6.25. The minimum Gasteiger partial charge on any atom is -0.507 e. The predicted molar refractivity (Wildman–Crippen MR) is 165 cm³/mol. The lowest BCUT2D eigenvalue weighted by atomic mass is 9.69. The summed E-state index contributed by atoms with van der Waals surface area (Å²) in [6.45, 7) is 7.89. The molecule has 2 aromatic rings. The highest BCUT2D eigenvalue weighted by Gasteiger charge is 2.43. The number of nitrogens with zero attached hydrogens (tertiary/aromatic N) is 1. The standard InChI is InChI=1S/C29H41NO6.C4H3Cl/c1-7-10-16-22(28(33)27-23(32)17-21(35-8-2)18-24(27)36-9-3)26(20-14-12-11-13-15-20)25(19(4)31)29(34)30(5)6;1-2-3-4-5/h7,10-15,17-19,22,25-26,28,31-33H,8-9,16H2,1-6H3;1,3-4H/b10-7-;4-3+/t19-,22+,25-,26-,28?;/m0./s1. The zero-order chi connectivity index (χ0) is 30.9. The fourth-order valence-electron chi connectivity index (χ4n) is 4.78. The van der Waals surface area contributed by atoms with Crippen LogP contribution in [-0.2, 0) is 4.79 Å². The SMILES string of the molecule is C#C/C=C/Cl.C/C=C\C[C@@H](C(O)c1c(O)cc(OCC)cc1OCC)[C@H](c1ccccc1)[C@@H](C(=O)N(C)C)[C@H](C)O. The third-order valence-corrected chi connectivity index (χ3v) is 6.61. The molecule has 1 amide bonds. The van der Waals surface area contributed by atoms with E-state index in [0.29, 0.717) is 31.1 Å². The zero-order valence-electron chi connectivity index (χ0n) is 24.8. The van der Waals surface area contributed by atoms with Crippen LogP contribution < -0.4 is 9.47 Å². The molecule has 0 aliphatic carbocycles. The van der Waals surface area contributed by atoms with Gasteiger partial charge in [0.15, 0.2) is 0 Å². The van der Waals surface area contributed by atoms with Crippen LogP contribution in [0, 0.1) is 24.2 Å². The molecule has 7 nitrogen and oxygen atoms in total. The van der Waals surface area contributed by atoms with Crippen molar-refractivity contribution in [3.05, 3.63) is 77.4 Å². The van der Waals surface area contributed by atoms with Gasteiger partial charge in [-0.05, 0) is 45.8 Å². The maximum atomic E-state index is 13.4. The molecule has 0 spiro atoms. The summed E-state index contributed by atoms with van der Waals surface area (Å²) in [5.41, 5.74) is 2.34. The van der Waals surface area contributed by atoms with Crippen LogP contribution in [-0.4, -0.2) is 59.5 Å². The quantitative estimate of drug-likeness (QED) is 0.196. The van der Waals surface area contributed by atoms with E-state index in [1.165, 1.54) is 22.6 Å². The summed E-state index contributed by atoms with van der Waals surface area (Å²) in [5, 5.41) is 33.7. The monoisotopic (exact) mass is 585 g/mol. The summed E-state index contributed by atoms with van der Waals surface area (Å²) < 4.78 is 11.4. The second-order valence-electron chi connectivity index (χ2n) is 9.53. The van der Waals surface area contributed by atoms with Crippen molar-refractivity contribution in [1.82, 2.24) is 4.90 Å². The number of benzene rings is 2. The number of amides is 1. The lowest BCUT2D eigenvalue weighted by molar-refractivity contribution is -0.138. The van der Waals surface area contributed by atoms with Crippen molar-refractivity contribution < 1.29 is 29.6 Å². The molecular weight excluding hydrogens is 542 g/mol. The molecule has 0 radical (unpaired) electrons. The van der Waals surface area contributed by atoms with Crippen LogP contribution in [0.25, 0.3) is 0 Å². The number of aromatic hydroxyl groups is 1. The van der Waals surface area contributed by atoms with E-state index in [1.807, 2.05) is 63.3 Å². The maximum Gasteiger partial charge on any atom is 0.228 e. The van der Waals surface area contributed by atoms with Crippen LogP contribution in [0.3, 0.4) is 0 Å². The highest BCUT2D eigenvalue weighted by Crippen LogP contribution is 2.48. The van der Waals surface area contributed by atoms with E-state index in [-0.39, 0.29) is 17.2 Å². The number of aliphatic hydroxyl groups is 2. The van der Waals surface area contributed by atoms with Gasteiger partial charge in [-0.1, -0.05) is 60.0 Å². The number of phenols is 1. The molecule has 41 heavy (non-hydrogen) atoms. The van der Waals surface area contributed by atoms with Gasteiger partial charge in [0.2, 0.25) is 5.91 Å². The molecule has 0 aliphatic rings. The lowest BCUT2D eigenvalue weighted by Gasteiger charge is -2.38. The van der Waals surface area contributed by atoms with Crippen molar-refractivity contribution in [2.75, 3.05) is 27.3 Å².